The van der Waals surface area contributed by atoms with Crippen LogP contribution in [0.2, 0.25) is 0 Å². The van der Waals surface area contributed by atoms with Crippen molar-refractivity contribution < 1.29 is 12.8 Å². The summed E-state index contributed by atoms with van der Waals surface area (Å²) in [5.41, 5.74) is 0.716. The van der Waals surface area contributed by atoms with Crippen molar-refractivity contribution in [3.63, 3.8) is 0 Å². The van der Waals surface area contributed by atoms with Crippen LogP contribution in [0.15, 0.2) is 39.7 Å². The van der Waals surface area contributed by atoms with E-state index in [0.717, 1.165) is 10.4 Å². The number of nitrogens with zero attached hydrogens (tertiary/aromatic N) is 1. The first kappa shape index (κ1) is 14.3. The Morgan fingerprint density at radius 2 is 2.12 bits per heavy atom. The highest BCUT2D eigenvalue weighted by Crippen LogP contribution is 2.21. The Morgan fingerprint density at radius 3 is 2.59 bits per heavy atom. The third kappa shape index (κ3) is 3.37. The van der Waals surface area contributed by atoms with Gasteiger partial charge in [-0.3, -0.25) is 0 Å². The van der Waals surface area contributed by atoms with Gasteiger partial charge in [-0.1, -0.05) is 12.2 Å². The molecule has 6 heteroatoms. The maximum absolute atomic E-state index is 13.3. The highest BCUT2D eigenvalue weighted by Gasteiger charge is 2.21. The van der Waals surface area contributed by atoms with Crippen LogP contribution in [0.1, 0.15) is 6.92 Å². The summed E-state index contributed by atoms with van der Waals surface area (Å²) in [7, 11) is -2.23. The summed E-state index contributed by atoms with van der Waals surface area (Å²) in [5, 5.41) is 0. The van der Waals surface area contributed by atoms with Gasteiger partial charge in [0.2, 0.25) is 10.0 Å². The second-order valence-corrected chi connectivity index (χ2v) is 6.69. The number of likely N-dealkylation sites (N-methyl/N-ethyl adjacent to an activating group) is 1. The minimum Gasteiger partial charge on any atom is -0.207 e. The maximum Gasteiger partial charge on any atom is 0.243 e. The number of sulfonamides is 1. The summed E-state index contributed by atoms with van der Waals surface area (Å²) < 4.78 is 38.7. The lowest BCUT2D eigenvalue weighted by molar-refractivity contribution is 0.492. The van der Waals surface area contributed by atoms with E-state index in [1.807, 2.05) is 0 Å². The predicted octanol–water partition coefficient (Wildman–Crippen LogP) is 2.78. The minimum atomic E-state index is -3.66. The van der Waals surface area contributed by atoms with E-state index in [4.69, 9.17) is 0 Å². The lowest BCUT2D eigenvalue weighted by atomic mass is 10.3. The summed E-state index contributed by atoms with van der Waals surface area (Å²) in [6, 6.07) is 3.72. The van der Waals surface area contributed by atoms with Gasteiger partial charge in [0, 0.05) is 13.6 Å². The molecule has 0 N–H and O–H groups in total. The first-order chi connectivity index (χ1) is 7.75. The van der Waals surface area contributed by atoms with Gasteiger partial charge in [0.05, 0.1) is 9.37 Å². The van der Waals surface area contributed by atoms with Crippen LogP contribution in [-0.2, 0) is 10.0 Å². The zero-order chi connectivity index (χ0) is 13.2. The van der Waals surface area contributed by atoms with Crippen molar-refractivity contribution in [1.82, 2.24) is 4.31 Å². The van der Waals surface area contributed by atoms with Gasteiger partial charge in [0.1, 0.15) is 5.82 Å². The fraction of sp³-hybridized carbons (Fsp3) is 0.273. The van der Waals surface area contributed by atoms with Crippen LogP contribution in [0, 0.1) is 5.82 Å². The summed E-state index contributed by atoms with van der Waals surface area (Å²) in [5.74, 6) is -0.602. The Labute approximate surface area is 109 Å². The quantitative estimate of drug-likeness (QED) is 0.800. The fourth-order valence-electron chi connectivity index (χ4n) is 1.28. The lowest BCUT2D eigenvalue weighted by Gasteiger charge is -2.17. The normalized spacial score (nSPS) is 11.8. The molecule has 0 unspecified atom stereocenters. The first-order valence-electron chi connectivity index (χ1n) is 4.81. The molecule has 0 aliphatic heterocycles. The molecule has 1 rings (SSSR count). The average molecular weight is 322 g/mol. The van der Waals surface area contributed by atoms with Gasteiger partial charge in [-0.25, -0.2) is 12.8 Å². The van der Waals surface area contributed by atoms with Gasteiger partial charge >= 0.3 is 0 Å². The Hall–Kier alpha value is -0.720. The summed E-state index contributed by atoms with van der Waals surface area (Å²) in [6.07, 6.45) is 0. The van der Waals surface area contributed by atoms with Gasteiger partial charge in [-0.05, 0) is 41.1 Å². The van der Waals surface area contributed by atoms with Crippen LogP contribution in [0.25, 0.3) is 0 Å². The van der Waals surface area contributed by atoms with Crippen LogP contribution in [0.4, 0.5) is 4.39 Å². The van der Waals surface area contributed by atoms with Crippen LogP contribution in [0.3, 0.4) is 0 Å². The fourth-order valence-corrected chi connectivity index (χ4v) is 2.77. The van der Waals surface area contributed by atoms with Crippen molar-refractivity contribution in [2.24, 2.45) is 0 Å². The van der Waals surface area contributed by atoms with Crippen LogP contribution < -0.4 is 0 Å². The monoisotopic (exact) mass is 321 g/mol. The van der Waals surface area contributed by atoms with E-state index in [-0.39, 0.29) is 15.9 Å². The Kier molecular flexibility index (Phi) is 4.46. The molecule has 1 aromatic carbocycles. The predicted molar refractivity (Wildman–Crippen MR) is 68.7 cm³/mol. The first-order valence-corrected chi connectivity index (χ1v) is 7.04. The Bertz CT molecular complexity index is 542. The number of benzene rings is 1. The van der Waals surface area contributed by atoms with E-state index in [9.17, 15) is 12.8 Å². The number of halogens is 2. The van der Waals surface area contributed by atoms with Crippen LogP contribution in [0.5, 0.6) is 0 Å². The Balaban J connectivity index is 3.13. The largest absolute Gasteiger partial charge is 0.243 e. The van der Waals surface area contributed by atoms with Gasteiger partial charge in [-0.2, -0.15) is 4.31 Å². The third-order valence-electron chi connectivity index (χ3n) is 2.09. The molecule has 0 radical (unpaired) electrons. The zero-order valence-corrected chi connectivity index (χ0v) is 12.0. The topological polar surface area (TPSA) is 37.4 Å². The second kappa shape index (κ2) is 5.29. The molecule has 3 nitrogen and oxygen atoms in total. The molecular weight excluding hydrogens is 309 g/mol. The molecule has 0 aromatic heterocycles. The van der Waals surface area contributed by atoms with E-state index >= 15 is 0 Å². The maximum atomic E-state index is 13.3. The molecule has 0 atom stereocenters. The Morgan fingerprint density at radius 1 is 1.53 bits per heavy atom. The molecule has 0 saturated heterocycles. The average Bonchev–Trinajstić information content (AvgIpc) is 2.20. The van der Waals surface area contributed by atoms with Crippen molar-refractivity contribution in [1.29, 1.82) is 0 Å². The zero-order valence-electron chi connectivity index (χ0n) is 9.57. The molecule has 0 spiro atoms. The molecule has 0 saturated carbocycles. The molecule has 0 fully saturated rings. The molecule has 0 bridgehead atoms. The summed E-state index contributed by atoms with van der Waals surface area (Å²) in [6.45, 7) is 5.58. The van der Waals surface area contributed by atoms with Gasteiger partial charge in [-0.15, -0.1) is 0 Å². The SMILES string of the molecule is C=C(C)CN(C)S(=O)(=O)c1ccc(Br)c(F)c1. The molecule has 94 valence electrons. The van der Waals surface area contributed by atoms with Crippen molar-refractivity contribution in [3.8, 4) is 0 Å². The van der Waals surface area contributed by atoms with Gasteiger partial charge in [0.15, 0.2) is 0 Å². The third-order valence-corrected chi connectivity index (χ3v) is 4.53. The highest BCUT2D eigenvalue weighted by molar-refractivity contribution is 9.10. The van der Waals surface area contributed by atoms with E-state index in [1.54, 1.807) is 6.92 Å². The molecule has 0 heterocycles. The van der Waals surface area contributed by atoms with Crippen molar-refractivity contribution in [2.75, 3.05) is 13.6 Å². The van der Waals surface area contributed by atoms with Gasteiger partial charge < -0.3 is 0 Å². The number of hydrogen-bond donors (Lipinski definition) is 0. The molecule has 0 amide bonds. The number of rotatable bonds is 4. The van der Waals surface area contributed by atoms with Crippen molar-refractivity contribution in [3.05, 3.63) is 40.6 Å². The van der Waals surface area contributed by atoms with Crippen LogP contribution in [-0.4, -0.2) is 26.3 Å². The minimum absolute atomic E-state index is 0.0676. The second-order valence-electron chi connectivity index (χ2n) is 3.79. The molecule has 0 aliphatic rings. The van der Waals surface area contributed by atoms with E-state index in [2.05, 4.69) is 22.5 Å². The van der Waals surface area contributed by atoms with E-state index in [0.29, 0.717) is 5.57 Å². The van der Waals surface area contributed by atoms with Crippen LogP contribution >= 0.6 is 15.9 Å². The number of hydrogen-bond acceptors (Lipinski definition) is 2. The molecule has 17 heavy (non-hydrogen) atoms. The standard InChI is InChI=1S/C11H13BrFNO2S/c1-8(2)7-14(3)17(15,16)9-4-5-10(12)11(13)6-9/h4-6H,1,7H2,2-3H3. The molecular formula is C11H13BrFNO2S. The molecule has 0 aliphatic carbocycles. The van der Waals surface area contributed by atoms with Crippen molar-refractivity contribution in [2.45, 2.75) is 11.8 Å². The lowest BCUT2D eigenvalue weighted by Crippen LogP contribution is -2.28. The van der Waals surface area contributed by atoms with Crippen molar-refractivity contribution >= 4 is 26.0 Å². The summed E-state index contributed by atoms with van der Waals surface area (Å²) >= 11 is 2.98. The van der Waals surface area contributed by atoms with E-state index < -0.39 is 15.8 Å². The summed E-state index contributed by atoms with van der Waals surface area (Å²) in [4.78, 5) is -0.0676. The molecule has 1 aromatic rings. The van der Waals surface area contributed by atoms with Gasteiger partial charge in [0.25, 0.3) is 0 Å². The smallest absolute Gasteiger partial charge is 0.207 e. The highest BCUT2D eigenvalue weighted by atomic mass is 79.9. The van der Waals surface area contributed by atoms with E-state index in [1.165, 1.54) is 19.2 Å².